The fourth-order valence-electron chi connectivity index (χ4n) is 4.68. The largest absolute Gasteiger partial charge is 1.00 e. The Morgan fingerprint density at radius 2 is 1.21 bits per heavy atom. The van der Waals surface area contributed by atoms with Crippen LogP contribution in [0.3, 0.4) is 0 Å². The zero-order valence-corrected chi connectivity index (χ0v) is 26.6. The predicted molar refractivity (Wildman–Crippen MR) is 135 cm³/mol. The summed E-state index contributed by atoms with van der Waals surface area (Å²) in [6.45, 7) is 21.5. The van der Waals surface area contributed by atoms with Crippen molar-refractivity contribution in [2.24, 2.45) is 0 Å². The quantitative estimate of drug-likeness (QED) is 0.493. The van der Waals surface area contributed by atoms with E-state index in [0.29, 0.717) is 3.63 Å². The fourth-order valence-corrected chi connectivity index (χ4v) is 10.3. The molecular formula is C29H38Cl2SiZr. The summed E-state index contributed by atoms with van der Waals surface area (Å²) in [5.41, 5.74) is 9.54. The molecule has 0 amide bonds. The Labute approximate surface area is 227 Å². The first-order chi connectivity index (χ1) is 14.2. The molecule has 0 bridgehead atoms. The molecule has 0 N–H and O–H groups in total. The van der Waals surface area contributed by atoms with Gasteiger partial charge in [0.1, 0.15) is 0 Å². The van der Waals surface area contributed by atoms with Gasteiger partial charge in [-0.15, -0.1) is 0 Å². The zero-order chi connectivity index (χ0) is 22.8. The second-order valence-corrected chi connectivity index (χ2v) is 21.2. The van der Waals surface area contributed by atoms with E-state index in [1.807, 2.05) is 0 Å². The third kappa shape index (κ3) is 5.88. The number of fused-ring (bicyclic) bond motifs is 3. The van der Waals surface area contributed by atoms with Gasteiger partial charge in [0.25, 0.3) is 0 Å². The summed E-state index contributed by atoms with van der Waals surface area (Å²) in [6.07, 6.45) is 6.39. The van der Waals surface area contributed by atoms with Crippen LogP contribution >= 0.6 is 0 Å². The maximum atomic E-state index is 2.62. The number of halogens is 2. The number of benzene rings is 2. The molecule has 0 aliphatic heterocycles. The SMILES string of the molecule is CC(C)(C)c1ccc2c(c1)[CH]([Zr+2][C]1=CC([Si](C)(C)C)=CC1)c1cc(C(C)(C)C)ccc1-2.[Cl-].[Cl-]. The Morgan fingerprint density at radius 3 is 1.58 bits per heavy atom. The summed E-state index contributed by atoms with van der Waals surface area (Å²) in [7, 11) is -1.22. The predicted octanol–water partition coefficient (Wildman–Crippen LogP) is 2.53. The molecular weight excluding hydrogens is 539 g/mol. The fraction of sp³-hybridized carbons (Fsp3) is 0.448. The van der Waals surface area contributed by atoms with Gasteiger partial charge in [0.2, 0.25) is 0 Å². The van der Waals surface area contributed by atoms with Crippen LogP contribution in [-0.2, 0) is 34.1 Å². The van der Waals surface area contributed by atoms with Crippen molar-refractivity contribution in [3.63, 3.8) is 0 Å². The van der Waals surface area contributed by atoms with Gasteiger partial charge in [0.15, 0.2) is 0 Å². The van der Waals surface area contributed by atoms with E-state index in [9.17, 15) is 0 Å². The van der Waals surface area contributed by atoms with Gasteiger partial charge >= 0.3 is 204 Å². The molecule has 2 aliphatic rings. The van der Waals surface area contributed by atoms with E-state index in [1.54, 1.807) is 19.6 Å². The van der Waals surface area contributed by atoms with Crippen molar-refractivity contribution in [1.82, 2.24) is 0 Å². The van der Waals surface area contributed by atoms with Crippen LogP contribution in [0.25, 0.3) is 11.1 Å². The summed E-state index contributed by atoms with van der Waals surface area (Å²) >= 11 is -0.784. The minimum atomic E-state index is -1.22. The average molecular weight is 577 g/mol. The summed E-state index contributed by atoms with van der Waals surface area (Å²) in [5, 5.41) is 1.67. The van der Waals surface area contributed by atoms with Crippen LogP contribution in [0, 0.1) is 0 Å². The van der Waals surface area contributed by atoms with Crippen LogP contribution in [-0.4, -0.2) is 8.07 Å². The van der Waals surface area contributed by atoms with E-state index < -0.39 is 31.3 Å². The van der Waals surface area contributed by atoms with Crippen molar-refractivity contribution in [2.45, 2.75) is 82.1 Å². The molecule has 33 heavy (non-hydrogen) atoms. The van der Waals surface area contributed by atoms with Crippen LogP contribution in [0.2, 0.25) is 19.6 Å². The molecule has 0 aromatic heterocycles. The molecule has 0 atom stereocenters. The van der Waals surface area contributed by atoms with Gasteiger partial charge < -0.3 is 24.8 Å². The molecule has 176 valence electrons. The Hall–Kier alpha value is -0.400. The second-order valence-electron chi connectivity index (χ2n) is 12.5. The van der Waals surface area contributed by atoms with Crippen LogP contribution < -0.4 is 24.8 Å². The molecule has 0 radical (unpaired) electrons. The Kier molecular flexibility index (Phi) is 8.67. The second kappa shape index (κ2) is 9.93. The molecule has 0 fully saturated rings. The molecule has 2 aromatic rings. The first kappa shape index (κ1) is 28.8. The van der Waals surface area contributed by atoms with Crippen molar-refractivity contribution in [2.75, 3.05) is 0 Å². The van der Waals surface area contributed by atoms with Crippen LogP contribution in [0.1, 0.15) is 73.8 Å². The zero-order valence-electron chi connectivity index (χ0n) is 21.7. The number of rotatable bonds is 3. The third-order valence-electron chi connectivity index (χ3n) is 6.81. The molecule has 2 aliphatic carbocycles. The maximum absolute atomic E-state index is 2.62. The van der Waals surface area contributed by atoms with Gasteiger partial charge in [-0.3, -0.25) is 0 Å². The molecule has 0 saturated carbocycles. The summed E-state index contributed by atoms with van der Waals surface area (Å²) in [5.74, 6) is 0. The summed E-state index contributed by atoms with van der Waals surface area (Å²) in [4.78, 5) is 0. The Morgan fingerprint density at radius 1 is 0.758 bits per heavy atom. The van der Waals surface area contributed by atoms with Crippen molar-refractivity contribution < 1.29 is 48.0 Å². The molecule has 4 heteroatoms. The van der Waals surface area contributed by atoms with E-state index in [2.05, 4.69) is 110 Å². The van der Waals surface area contributed by atoms with E-state index in [-0.39, 0.29) is 35.6 Å². The number of allylic oxidation sites excluding steroid dienone is 4. The topological polar surface area (TPSA) is 0 Å². The molecule has 2 aromatic carbocycles. The Balaban J connectivity index is 0.00000193. The first-order valence-electron chi connectivity index (χ1n) is 11.7. The Bertz CT molecular complexity index is 1030. The average Bonchev–Trinajstić information content (AvgIpc) is 3.23. The van der Waals surface area contributed by atoms with Gasteiger partial charge in [-0.1, -0.05) is 0 Å². The van der Waals surface area contributed by atoms with Gasteiger partial charge in [-0.25, -0.2) is 0 Å². The standard InChI is InChI=1S/C21H25.C8H13Si.2ClH.Zr/c1-20(2,3)16-7-9-18-14(12-16)11-15-13-17(21(4,5)6)8-10-19(15)18;1-9(2,3)8-6-4-5-7-8;;;/h7-13H,1-6H3;6-7H,4H2,1-3H3;2*1H;/q;;;;+2/p-2. The minimum Gasteiger partial charge on any atom is -1.00 e. The van der Waals surface area contributed by atoms with E-state index in [0.717, 1.165) is 0 Å². The van der Waals surface area contributed by atoms with Crippen molar-refractivity contribution in [3.05, 3.63) is 79.3 Å². The minimum absolute atomic E-state index is 0. The van der Waals surface area contributed by atoms with Crippen LogP contribution in [0.4, 0.5) is 0 Å². The number of hydrogen-bond acceptors (Lipinski definition) is 0. The summed E-state index contributed by atoms with van der Waals surface area (Å²) in [6, 6.07) is 14.7. The van der Waals surface area contributed by atoms with E-state index >= 15 is 0 Å². The number of hydrogen-bond donors (Lipinski definition) is 0. The van der Waals surface area contributed by atoms with E-state index in [4.69, 9.17) is 0 Å². The van der Waals surface area contributed by atoms with Crippen LogP contribution in [0.15, 0.2) is 57.0 Å². The molecule has 0 unspecified atom stereocenters. The van der Waals surface area contributed by atoms with Crippen molar-refractivity contribution >= 4 is 8.07 Å². The summed E-state index contributed by atoms with van der Waals surface area (Å²) < 4.78 is 2.42. The monoisotopic (exact) mass is 574 g/mol. The van der Waals surface area contributed by atoms with Gasteiger partial charge in [-0.05, 0) is 0 Å². The van der Waals surface area contributed by atoms with Gasteiger partial charge in [0, 0.05) is 0 Å². The van der Waals surface area contributed by atoms with E-state index in [1.165, 1.54) is 28.7 Å². The molecule has 0 nitrogen and oxygen atoms in total. The molecule has 0 spiro atoms. The first-order valence-corrected chi connectivity index (χ1v) is 17.9. The smallest absolute Gasteiger partial charge is 1.00 e. The van der Waals surface area contributed by atoms with Crippen molar-refractivity contribution in [1.29, 1.82) is 0 Å². The van der Waals surface area contributed by atoms with Gasteiger partial charge in [-0.2, -0.15) is 0 Å². The molecule has 4 rings (SSSR count). The maximum Gasteiger partial charge on any atom is -1.00 e. The normalized spacial score (nSPS) is 15.5. The van der Waals surface area contributed by atoms with Crippen LogP contribution in [0.5, 0.6) is 0 Å². The third-order valence-corrected chi connectivity index (χ3v) is 12.9. The van der Waals surface area contributed by atoms with Gasteiger partial charge in [0.05, 0.1) is 0 Å². The molecule has 0 heterocycles. The van der Waals surface area contributed by atoms with Crippen molar-refractivity contribution in [3.8, 4) is 11.1 Å². The molecule has 0 saturated heterocycles.